The van der Waals surface area contributed by atoms with Crippen LogP contribution in [0.1, 0.15) is 34.5 Å². The smallest absolute Gasteiger partial charge is 0.339 e. The second-order valence-electron chi connectivity index (χ2n) is 7.04. The number of fused-ring (bicyclic) bond motifs is 1. The molecule has 29 heavy (non-hydrogen) atoms. The van der Waals surface area contributed by atoms with E-state index in [0.717, 1.165) is 35.7 Å². The standard InChI is InChI=1S/C22H22N2O4S/c1-15-8-9-20-23-16(11-21(25)24(20)12-15)13-28-22(26)18-6-2-3-7-19(18)29-14-17-5-4-10-27-17/h2-3,6-9,11-12,17H,4-5,10,13-14H2,1H3/t17-/m0/s1. The molecule has 0 radical (unpaired) electrons. The molecular weight excluding hydrogens is 388 g/mol. The average molecular weight is 410 g/mol. The third-order valence-corrected chi connectivity index (χ3v) is 5.97. The van der Waals surface area contributed by atoms with Crippen LogP contribution in [0.3, 0.4) is 0 Å². The zero-order valence-electron chi connectivity index (χ0n) is 16.2. The third-order valence-electron chi connectivity index (χ3n) is 4.77. The maximum absolute atomic E-state index is 12.7. The minimum atomic E-state index is -0.425. The molecule has 1 fully saturated rings. The molecule has 2 aromatic heterocycles. The van der Waals surface area contributed by atoms with Gasteiger partial charge in [0.25, 0.3) is 5.56 Å². The van der Waals surface area contributed by atoms with Crippen LogP contribution >= 0.6 is 11.8 Å². The summed E-state index contributed by atoms with van der Waals surface area (Å²) in [4.78, 5) is 30.2. The lowest BCUT2D eigenvalue weighted by Crippen LogP contribution is -2.17. The van der Waals surface area contributed by atoms with Gasteiger partial charge in [-0.25, -0.2) is 9.78 Å². The molecule has 1 aliphatic heterocycles. The molecule has 1 aliphatic rings. The summed E-state index contributed by atoms with van der Waals surface area (Å²) >= 11 is 1.61. The van der Waals surface area contributed by atoms with Crippen molar-refractivity contribution in [2.45, 2.75) is 37.4 Å². The van der Waals surface area contributed by atoms with Crippen molar-refractivity contribution in [3.63, 3.8) is 0 Å². The number of nitrogens with zero attached hydrogens (tertiary/aromatic N) is 2. The van der Waals surface area contributed by atoms with Crippen LogP contribution in [-0.2, 0) is 16.1 Å². The Bertz CT molecular complexity index is 1090. The van der Waals surface area contributed by atoms with E-state index in [2.05, 4.69) is 4.98 Å². The van der Waals surface area contributed by atoms with E-state index in [1.807, 2.05) is 31.2 Å². The van der Waals surface area contributed by atoms with Crippen LogP contribution in [0.15, 0.2) is 58.4 Å². The van der Waals surface area contributed by atoms with E-state index in [1.54, 1.807) is 30.1 Å². The van der Waals surface area contributed by atoms with E-state index in [-0.39, 0.29) is 18.3 Å². The maximum Gasteiger partial charge on any atom is 0.339 e. The molecule has 0 bridgehead atoms. The summed E-state index contributed by atoms with van der Waals surface area (Å²) in [7, 11) is 0. The van der Waals surface area contributed by atoms with Gasteiger partial charge in [0.1, 0.15) is 12.3 Å². The van der Waals surface area contributed by atoms with Gasteiger partial charge >= 0.3 is 5.97 Å². The fraction of sp³-hybridized carbons (Fsp3) is 0.318. The number of ether oxygens (including phenoxy) is 2. The SMILES string of the molecule is Cc1ccc2nc(COC(=O)c3ccccc3SC[C@@H]3CCCO3)cc(=O)n2c1. The number of pyridine rings is 1. The van der Waals surface area contributed by atoms with Crippen LogP contribution in [0, 0.1) is 6.92 Å². The van der Waals surface area contributed by atoms with Gasteiger partial charge in [-0.15, -0.1) is 11.8 Å². The summed E-state index contributed by atoms with van der Waals surface area (Å²) < 4.78 is 12.6. The van der Waals surface area contributed by atoms with Gasteiger partial charge in [-0.1, -0.05) is 18.2 Å². The van der Waals surface area contributed by atoms with Gasteiger partial charge in [0.15, 0.2) is 0 Å². The highest BCUT2D eigenvalue weighted by Gasteiger charge is 2.18. The quantitative estimate of drug-likeness (QED) is 0.457. The van der Waals surface area contributed by atoms with Crippen LogP contribution in [0.2, 0.25) is 0 Å². The molecule has 0 unspecified atom stereocenters. The Balaban J connectivity index is 1.45. The molecule has 3 heterocycles. The minimum Gasteiger partial charge on any atom is -0.456 e. The Hall–Kier alpha value is -2.64. The predicted molar refractivity (Wildman–Crippen MR) is 111 cm³/mol. The molecule has 150 valence electrons. The molecule has 1 atom stereocenters. The normalized spacial score (nSPS) is 16.2. The molecule has 0 amide bonds. The van der Waals surface area contributed by atoms with Crippen molar-refractivity contribution in [2.24, 2.45) is 0 Å². The van der Waals surface area contributed by atoms with Crippen molar-refractivity contribution in [3.05, 3.63) is 75.8 Å². The lowest BCUT2D eigenvalue weighted by molar-refractivity contribution is 0.0463. The number of aryl methyl sites for hydroxylation is 1. The van der Waals surface area contributed by atoms with Crippen LogP contribution in [0.25, 0.3) is 5.65 Å². The minimum absolute atomic E-state index is 0.0524. The van der Waals surface area contributed by atoms with Gasteiger partial charge in [0, 0.05) is 29.5 Å². The first-order chi connectivity index (χ1) is 14.1. The molecule has 0 saturated carbocycles. The monoisotopic (exact) mass is 410 g/mol. The molecule has 4 rings (SSSR count). The van der Waals surface area contributed by atoms with Crippen LogP contribution in [0.4, 0.5) is 0 Å². The number of carbonyl (C=O) groups excluding carboxylic acids is 1. The number of benzene rings is 1. The van der Waals surface area contributed by atoms with E-state index in [9.17, 15) is 9.59 Å². The first-order valence-corrected chi connectivity index (χ1v) is 10.6. The average Bonchev–Trinajstić information content (AvgIpc) is 3.25. The molecule has 7 heteroatoms. The zero-order valence-corrected chi connectivity index (χ0v) is 17.0. The van der Waals surface area contributed by atoms with Gasteiger partial charge < -0.3 is 9.47 Å². The van der Waals surface area contributed by atoms with Gasteiger partial charge in [-0.2, -0.15) is 0 Å². The van der Waals surface area contributed by atoms with Crippen LogP contribution < -0.4 is 5.56 Å². The van der Waals surface area contributed by atoms with E-state index >= 15 is 0 Å². The summed E-state index contributed by atoms with van der Waals surface area (Å²) in [6.45, 7) is 2.67. The Morgan fingerprint density at radius 1 is 1.31 bits per heavy atom. The highest BCUT2D eigenvalue weighted by Crippen LogP contribution is 2.27. The molecule has 0 spiro atoms. The molecule has 0 aliphatic carbocycles. The largest absolute Gasteiger partial charge is 0.456 e. The summed E-state index contributed by atoms with van der Waals surface area (Å²) in [6, 6.07) is 12.5. The van der Waals surface area contributed by atoms with Crippen molar-refractivity contribution < 1.29 is 14.3 Å². The lowest BCUT2D eigenvalue weighted by atomic mass is 10.2. The van der Waals surface area contributed by atoms with Crippen molar-refractivity contribution >= 4 is 23.4 Å². The maximum atomic E-state index is 12.7. The highest BCUT2D eigenvalue weighted by atomic mass is 32.2. The summed E-state index contributed by atoms with van der Waals surface area (Å²) in [5.41, 5.74) is 2.25. The third kappa shape index (κ3) is 4.68. The van der Waals surface area contributed by atoms with E-state index < -0.39 is 5.97 Å². The number of carbonyl (C=O) groups is 1. The van der Waals surface area contributed by atoms with Gasteiger partial charge in [-0.3, -0.25) is 9.20 Å². The lowest BCUT2D eigenvalue weighted by Gasteiger charge is -2.12. The van der Waals surface area contributed by atoms with Gasteiger partial charge in [0.05, 0.1) is 17.4 Å². The van der Waals surface area contributed by atoms with Gasteiger partial charge in [-0.05, 0) is 43.5 Å². The first kappa shape index (κ1) is 19.7. The Morgan fingerprint density at radius 3 is 3.00 bits per heavy atom. The second kappa shape index (κ2) is 8.80. The van der Waals surface area contributed by atoms with Crippen molar-refractivity contribution in [1.29, 1.82) is 0 Å². The molecule has 3 aromatic rings. The molecule has 0 N–H and O–H groups in total. The van der Waals surface area contributed by atoms with E-state index in [4.69, 9.17) is 9.47 Å². The second-order valence-corrected chi connectivity index (χ2v) is 8.10. The predicted octanol–water partition coefficient (Wildman–Crippen LogP) is 3.63. The highest BCUT2D eigenvalue weighted by molar-refractivity contribution is 7.99. The summed E-state index contributed by atoms with van der Waals surface area (Å²) in [5, 5.41) is 0. The van der Waals surface area contributed by atoms with Crippen LogP contribution in [0.5, 0.6) is 0 Å². The van der Waals surface area contributed by atoms with Gasteiger partial charge in [0.2, 0.25) is 0 Å². The van der Waals surface area contributed by atoms with Crippen molar-refractivity contribution in [2.75, 3.05) is 12.4 Å². The number of hydrogen-bond acceptors (Lipinski definition) is 6. The van der Waals surface area contributed by atoms with E-state index in [0.29, 0.717) is 16.9 Å². The Labute approximate surface area is 172 Å². The molecule has 1 aromatic carbocycles. The van der Waals surface area contributed by atoms with Crippen LogP contribution in [-0.4, -0.2) is 33.8 Å². The number of aromatic nitrogens is 2. The molecule has 1 saturated heterocycles. The van der Waals surface area contributed by atoms with E-state index in [1.165, 1.54) is 10.5 Å². The summed E-state index contributed by atoms with van der Waals surface area (Å²) in [5.74, 6) is 0.388. The van der Waals surface area contributed by atoms with Crippen molar-refractivity contribution in [1.82, 2.24) is 9.38 Å². The molecule has 6 nitrogen and oxygen atoms in total. The number of esters is 1. The topological polar surface area (TPSA) is 69.9 Å². The first-order valence-electron chi connectivity index (χ1n) is 9.59. The zero-order chi connectivity index (χ0) is 20.2. The fourth-order valence-electron chi connectivity index (χ4n) is 3.27. The van der Waals surface area contributed by atoms with Crippen molar-refractivity contribution in [3.8, 4) is 0 Å². The number of rotatable bonds is 6. The fourth-order valence-corrected chi connectivity index (χ4v) is 4.38. The molecular formula is C22H22N2O4S. The number of thioether (sulfide) groups is 1. The Morgan fingerprint density at radius 2 is 2.17 bits per heavy atom. The summed E-state index contributed by atoms with van der Waals surface area (Å²) in [6.07, 6.45) is 4.12. The Kier molecular flexibility index (Phi) is 5.97. The number of hydrogen-bond donors (Lipinski definition) is 0.